The van der Waals surface area contributed by atoms with Crippen LogP contribution in [0.3, 0.4) is 0 Å². The van der Waals surface area contributed by atoms with Gasteiger partial charge in [-0.15, -0.1) is 0 Å². The molecule has 0 saturated heterocycles. The number of rotatable bonds is 9. The maximum Gasteiger partial charge on any atom is 0.416 e. The van der Waals surface area contributed by atoms with Gasteiger partial charge in [-0.3, -0.25) is 10.1 Å². The van der Waals surface area contributed by atoms with Gasteiger partial charge in [0.2, 0.25) is 0 Å². The Morgan fingerprint density at radius 3 is 2.56 bits per heavy atom. The van der Waals surface area contributed by atoms with Gasteiger partial charge in [-0.2, -0.15) is 18.4 Å². The van der Waals surface area contributed by atoms with Crippen molar-refractivity contribution in [1.29, 1.82) is 5.26 Å². The molecule has 0 bridgehead atoms. The van der Waals surface area contributed by atoms with Gasteiger partial charge < -0.3 is 9.47 Å². The van der Waals surface area contributed by atoms with E-state index in [1.54, 1.807) is 0 Å². The molecule has 0 aliphatic rings. The van der Waals surface area contributed by atoms with Gasteiger partial charge in [-0.25, -0.2) is 4.79 Å². The molecule has 2 aromatic carbocycles. The van der Waals surface area contributed by atoms with Crippen LogP contribution in [-0.2, 0) is 10.9 Å². The highest BCUT2D eigenvalue weighted by atomic mass is 35.5. The number of nitrogens with zero attached hydrogens (tertiary/aromatic N) is 2. The van der Waals surface area contributed by atoms with Crippen LogP contribution in [0.2, 0.25) is 5.02 Å². The number of ether oxygens (including phenoxy) is 2. The molecule has 0 aliphatic carbocycles. The molecule has 11 heteroatoms. The van der Waals surface area contributed by atoms with E-state index in [0.29, 0.717) is 12.5 Å². The van der Waals surface area contributed by atoms with Crippen molar-refractivity contribution in [3.8, 4) is 17.6 Å². The Hall–Kier alpha value is -3.32. The van der Waals surface area contributed by atoms with E-state index in [-0.39, 0.29) is 23.1 Å². The molecule has 0 amide bonds. The summed E-state index contributed by atoms with van der Waals surface area (Å²) in [7, 11) is 0. The fourth-order valence-electron chi connectivity index (χ4n) is 2.68. The van der Waals surface area contributed by atoms with Crippen LogP contribution in [0.15, 0.2) is 36.4 Å². The molecule has 170 valence electrons. The lowest BCUT2D eigenvalue weighted by atomic mass is 10.1. The molecule has 0 N–H and O–H groups in total. The molecule has 0 heterocycles. The summed E-state index contributed by atoms with van der Waals surface area (Å²) < 4.78 is 48.8. The second-order valence-electron chi connectivity index (χ2n) is 6.75. The summed E-state index contributed by atoms with van der Waals surface area (Å²) in [5, 5.41) is 20.1. The lowest BCUT2D eigenvalue weighted by Gasteiger charge is -2.13. The number of alkyl halides is 3. The van der Waals surface area contributed by atoms with Crippen molar-refractivity contribution < 1.29 is 32.4 Å². The first-order chi connectivity index (χ1) is 15.1. The van der Waals surface area contributed by atoms with Crippen LogP contribution in [0.5, 0.6) is 11.5 Å². The van der Waals surface area contributed by atoms with Gasteiger partial charge >= 0.3 is 12.1 Å². The molecule has 0 saturated carbocycles. The van der Waals surface area contributed by atoms with E-state index >= 15 is 0 Å². The molecule has 32 heavy (non-hydrogen) atoms. The number of halogens is 4. The minimum Gasteiger partial charge on any atom is -0.461 e. The van der Waals surface area contributed by atoms with E-state index in [2.05, 4.69) is 0 Å². The number of esters is 1. The van der Waals surface area contributed by atoms with Crippen LogP contribution in [-0.4, -0.2) is 17.5 Å². The van der Waals surface area contributed by atoms with Crippen LogP contribution in [0.1, 0.15) is 42.1 Å². The number of benzene rings is 2. The summed E-state index contributed by atoms with van der Waals surface area (Å²) in [6.07, 6.45) is -2.47. The molecule has 2 aromatic rings. The predicted octanol–water partition coefficient (Wildman–Crippen LogP) is 6.55. The summed E-state index contributed by atoms with van der Waals surface area (Å²) in [5.74, 6) is -1.80. The summed E-state index contributed by atoms with van der Waals surface area (Å²) in [4.78, 5) is 23.0. The van der Waals surface area contributed by atoms with Crippen LogP contribution < -0.4 is 4.74 Å². The topological polar surface area (TPSA) is 102 Å². The summed E-state index contributed by atoms with van der Waals surface area (Å²) >= 11 is 5.86. The van der Waals surface area contributed by atoms with Crippen molar-refractivity contribution in [2.24, 2.45) is 5.92 Å². The largest absolute Gasteiger partial charge is 0.461 e. The van der Waals surface area contributed by atoms with E-state index in [4.69, 9.17) is 26.3 Å². The van der Waals surface area contributed by atoms with Crippen molar-refractivity contribution >= 4 is 23.3 Å². The van der Waals surface area contributed by atoms with Crippen LogP contribution >= 0.6 is 11.6 Å². The summed E-state index contributed by atoms with van der Waals surface area (Å²) in [6.45, 7) is 1.71. The molecule has 2 rings (SSSR count). The first-order valence-electron chi connectivity index (χ1n) is 9.46. The Morgan fingerprint density at radius 1 is 1.28 bits per heavy atom. The standard InChI is InChI=1S/C21H18ClF3N2O5/c1-2-3-4-13(11-26)12-31-20(28)16-10-15(6-7-18(16)27(29)30)32-19-8-5-14(9-17(19)22)21(23,24)25/h5-10,13H,2-4,12H2,1H3. The zero-order valence-corrected chi connectivity index (χ0v) is 17.6. The quantitative estimate of drug-likeness (QED) is 0.234. The van der Waals surface area contributed by atoms with E-state index in [0.717, 1.165) is 37.1 Å². The highest BCUT2D eigenvalue weighted by Crippen LogP contribution is 2.37. The Labute approximate surface area is 186 Å². The Morgan fingerprint density at radius 2 is 2.00 bits per heavy atom. The normalized spacial score (nSPS) is 12.0. The average Bonchev–Trinajstić information content (AvgIpc) is 2.74. The van der Waals surface area contributed by atoms with Gasteiger partial charge in [0.15, 0.2) is 0 Å². The fourth-order valence-corrected chi connectivity index (χ4v) is 2.90. The zero-order valence-electron chi connectivity index (χ0n) is 16.8. The lowest BCUT2D eigenvalue weighted by molar-refractivity contribution is -0.385. The Kier molecular flexibility index (Phi) is 8.43. The van der Waals surface area contributed by atoms with Gasteiger partial charge in [-0.1, -0.05) is 31.4 Å². The van der Waals surface area contributed by atoms with E-state index < -0.39 is 39.8 Å². The number of hydrogen-bond donors (Lipinski definition) is 0. The molecule has 0 spiro atoms. The monoisotopic (exact) mass is 470 g/mol. The summed E-state index contributed by atoms with van der Waals surface area (Å²) in [5.41, 5.74) is -1.96. The highest BCUT2D eigenvalue weighted by molar-refractivity contribution is 6.32. The van der Waals surface area contributed by atoms with Crippen molar-refractivity contribution in [2.75, 3.05) is 6.61 Å². The number of carbonyl (C=O) groups excluding carboxylic acids is 1. The number of nitro groups is 1. The van der Waals surface area contributed by atoms with Crippen LogP contribution in [0, 0.1) is 27.4 Å². The SMILES string of the molecule is CCCCC(C#N)COC(=O)c1cc(Oc2ccc(C(F)(F)F)cc2Cl)ccc1[N+](=O)[O-]. The third kappa shape index (κ3) is 6.59. The van der Waals surface area contributed by atoms with E-state index in [9.17, 15) is 28.1 Å². The molecule has 0 radical (unpaired) electrons. The van der Waals surface area contributed by atoms with Gasteiger partial charge in [0, 0.05) is 12.1 Å². The van der Waals surface area contributed by atoms with Crippen LogP contribution in [0.25, 0.3) is 0 Å². The maximum atomic E-state index is 12.8. The average molecular weight is 471 g/mol. The van der Waals surface area contributed by atoms with E-state index in [1.807, 2.05) is 13.0 Å². The van der Waals surface area contributed by atoms with Crippen molar-refractivity contribution in [3.05, 3.63) is 62.7 Å². The van der Waals surface area contributed by atoms with Crippen molar-refractivity contribution in [3.63, 3.8) is 0 Å². The first kappa shape index (κ1) is 24.9. The second-order valence-corrected chi connectivity index (χ2v) is 7.16. The highest BCUT2D eigenvalue weighted by Gasteiger charge is 2.31. The molecular formula is C21H18ClF3N2O5. The van der Waals surface area contributed by atoms with Gasteiger partial charge in [-0.05, 0) is 30.7 Å². The Balaban J connectivity index is 2.25. The fraction of sp³-hybridized carbons (Fsp3) is 0.333. The van der Waals surface area contributed by atoms with Crippen LogP contribution in [0.4, 0.5) is 18.9 Å². The first-order valence-corrected chi connectivity index (χ1v) is 9.84. The number of unbranched alkanes of at least 4 members (excludes halogenated alkanes) is 1. The van der Waals surface area contributed by atoms with E-state index in [1.165, 1.54) is 6.07 Å². The number of carbonyl (C=O) groups is 1. The number of nitriles is 1. The minimum absolute atomic E-state index is 0.0768. The minimum atomic E-state index is -4.59. The smallest absolute Gasteiger partial charge is 0.416 e. The zero-order chi connectivity index (χ0) is 23.9. The molecular weight excluding hydrogens is 453 g/mol. The molecule has 1 atom stereocenters. The molecule has 7 nitrogen and oxygen atoms in total. The summed E-state index contributed by atoms with van der Waals surface area (Å²) in [6, 6.07) is 7.65. The van der Waals surface area contributed by atoms with Crippen molar-refractivity contribution in [1.82, 2.24) is 0 Å². The molecule has 0 aliphatic heterocycles. The molecule has 1 unspecified atom stereocenters. The van der Waals surface area contributed by atoms with Gasteiger partial charge in [0.1, 0.15) is 23.7 Å². The second kappa shape index (κ2) is 10.8. The number of nitro benzene ring substituents is 1. The third-order valence-electron chi connectivity index (χ3n) is 4.38. The predicted molar refractivity (Wildman–Crippen MR) is 109 cm³/mol. The van der Waals surface area contributed by atoms with Gasteiger partial charge in [0.05, 0.1) is 27.5 Å². The third-order valence-corrected chi connectivity index (χ3v) is 4.67. The van der Waals surface area contributed by atoms with Gasteiger partial charge in [0.25, 0.3) is 5.69 Å². The van der Waals surface area contributed by atoms with Crippen molar-refractivity contribution in [2.45, 2.75) is 32.4 Å². The Bertz CT molecular complexity index is 1040. The molecule has 0 aromatic heterocycles. The maximum absolute atomic E-state index is 12.8. The lowest BCUT2D eigenvalue weighted by Crippen LogP contribution is -2.14. The number of hydrogen-bond acceptors (Lipinski definition) is 6. The molecule has 0 fully saturated rings.